The Hall–Kier alpha value is -1.55. The highest BCUT2D eigenvalue weighted by molar-refractivity contribution is 9.10. The summed E-state index contributed by atoms with van der Waals surface area (Å²) in [5, 5.41) is 0. The van der Waals surface area contributed by atoms with Crippen molar-refractivity contribution >= 4 is 21.8 Å². The Morgan fingerprint density at radius 2 is 2.16 bits per heavy atom. The normalized spacial score (nSPS) is 10.5. The first-order chi connectivity index (χ1) is 9.11. The summed E-state index contributed by atoms with van der Waals surface area (Å²) < 4.78 is 5.61. The maximum atomic E-state index is 12.4. The van der Waals surface area contributed by atoms with Gasteiger partial charge in [0, 0.05) is 13.1 Å². The van der Waals surface area contributed by atoms with Crippen LogP contribution in [0.15, 0.2) is 45.7 Å². The summed E-state index contributed by atoms with van der Waals surface area (Å²) in [6.45, 7) is 5.29. The highest BCUT2D eigenvalue weighted by Gasteiger charge is 2.19. The molecule has 0 bridgehead atoms. The van der Waals surface area contributed by atoms with Gasteiger partial charge in [0.1, 0.15) is 0 Å². The van der Waals surface area contributed by atoms with Gasteiger partial charge in [-0.15, -0.1) is 0 Å². The highest BCUT2D eigenvalue weighted by atomic mass is 79.9. The van der Waals surface area contributed by atoms with Crippen LogP contribution in [-0.2, 0) is 6.54 Å². The zero-order chi connectivity index (χ0) is 13.8. The van der Waals surface area contributed by atoms with Gasteiger partial charge in [0.05, 0.1) is 11.8 Å². The summed E-state index contributed by atoms with van der Waals surface area (Å²) in [5.41, 5.74) is 2.90. The van der Waals surface area contributed by atoms with E-state index in [0.717, 1.165) is 5.56 Å². The molecule has 2 aromatic rings. The molecule has 0 aliphatic heterocycles. The van der Waals surface area contributed by atoms with Crippen LogP contribution in [0.3, 0.4) is 0 Å². The minimum absolute atomic E-state index is 0.0235. The van der Waals surface area contributed by atoms with Crippen LogP contribution in [0.4, 0.5) is 0 Å². The Labute approximate surface area is 121 Å². The van der Waals surface area contributed by atoms with E-state index in [4.69, 9.17) is 4.42 Å². The van der Waals surface area contributed by atoms with E-state index >= 15 is 0 Å². The third-order valence-electron chi connectivity index (χ3n) is 2.97. The molecule has 0 saturated carbocycles. The molecule has 100 valence electrons. The lowest BCUT2D eigenvalue weighted by Gasteiger charge is -2.20. The van der Waals surface area contributed by atoms with Gasteiger partial charge >= 0.3 is 0 Å². The van der Waals surface area contributed by atoms with E-state index in [1.54, 1.807) is 11.0 Å². The number of nitrogens with zero attached hydrogens (tertiary/aromatic N) is 1. The zero-order valence-corrected chi connectivity index (χ0v) is 12.6. The number of carbonyl (C=O) groups is 1. The molecule has 0 fully saturated rings. The molecular weight excluding hydrogens is 306 g/mol. The molecule has 19 heavy (non-hydrogen) atoms. The quantitative estimate of drug-likeness (QED) is 0.852. The number of hydrogen-bond acceptors (Lipinski definition) is 2. The largest absolute Gasteiger partial charge is 0.457 e. The van der Waals surface area contributed by atoms with Crippen LogP contribution in [0.1, 0.15) is 28.4 Å². The van der Waals surface area contributed by atoms with E-state index in [0.29, 0.717) is 23.3 Å². The van der Waals surface area contributed by atoms with Gasteiger partial charge in [-0.05, 0) is 41.4 Å². The van der Waals surface area contributed by atoms with E-state index in [1.807, 2.05) is 32.0 Å². The van der Waals surface area contributed by atoms with Gasteiger partial charge in [-0.1, -0.05) is 29.8 Å². The van der Waals surface area contributed by atoms with Crippen molar-refractivity contribution in [2.45, 2.75) is 20.4 Å². The van der Waals surface area contributed by atoms with Crippen molar-refractivity contribution in [1.29, 1.82) is 0 Å². The van der Waals surface area contributed by atoms with Gasteiger partial charge in [-0.25, -0.2) is 0 Å². The Morgan fingerprint density at radius 1 is 1.37 bits per heavy atom. The topological polar surface area (TPSA) is 33.5 Å². The molecule has 1 aromatic carbocycles. The second-order valence-electron chi connectivity index (χ2n) is 4.42. The molecule has 0 radical (unpaired) electrons. The smallest absolute Gasteiger partial charge is 0.258 e. The Morgan fingerprint density at radius 3 is 2.74 bits per heavy atom. The first kappa shape index (κ1) is 13.9. The average molecular weight is 322 g/mol. The van der Waals surface area contributed by atoms with Crippen molar-refractivity contribution in [2.75, 3.05) is 6.54 Å². The van der Waals surface area contributed by atoms with E-state index in [1.165, 1.54) is 11.8 Å². The van der Waals surface area contributed by atoms with Crippen molar-refractivity contribution < 1.29 is 9.21 Å². The SMILES string of the molecule is CCN(Cc1cccc(C)c1)C(=O)c1ccoc1Br. The highest BCUT2D eigenvalue weighted by Crippen LogP contribution is 2.20. The molecule has 0 saturated heterocycles. The summed E-state index contributed by atoms with van der Waals surface area (Å²) in [7, 11) is 0. The van der Waals surface area contributed by atoms with Gasteiger partial charge in [-0.2, -0.15) is 0 Å². The number of furan rings is 1. The van der Waals surface area contributed by atoms with Crippen molar-refractivity contribution in [3.05, 3.63) is 58.0 Å². The second kappa shape index (κ2) is 6.06. The van der Waals surface area contributed by atoms with E-state index in [9.17, 15) is 4.79 Å². The molecule has 1 amide bonds. The molecule has 2 rings (SSSR count). The summed E-state index contributed by atoms with van der Waals surface area (Å²) in [6.07, 6.45) is 1.51. The summed E-state index contributed by atoms with van der Waals surface area (Å²) in [4.78, 5) is 14.2. The van der Waals surface area contributed by atoms with E-state index in [2.05, 4.69) is 22.0 Å². The lowest BCUT2D eigenvalue weighted by Crippen LogP contribution is -2.30. The van der Waals surface area contributed by atoms with Gasteiger partial charge < -0.3 is 9.32 Å². The zero-order valence-electron chi connectivity index (χ0n) is 11.0. The number of amides is 1. The molecule has 1 aromatic heterocycles. The summed E-state index contributed by atoms with van der Waals surface area (Å²) >= 11 is 3.25. The van der Waals surface area contributed by atoms with Crippen LogP contribution >= 0.6 is 15.9 Å². The van der Waals surface area contributed by atoms with Gasteiger partial charge in [0.2, 0.25) is 0 Å². The fourth-order valence-electron chi connectivity index (χ4n) is 1.97. The molecule has 1 heterocycles. The number of benzene rings is 1. The molecule has 0 N–H and O–H groups in total. The van der Waals surface area contributed by atoms with Crippen molar-refractivity contribution in [2.24, 2.45) is 0 Å². The average Bonchev–Trinajstić information content (AvgIpc) is 2.81. The van der Waals surface area contributed by atoms with Crippen LogP contribution in [0.2, 0.25) is 0 Å². The third kappa shape index (κ3) is 3.26. The molecule has 0 aliphatic carbocycles. The minimum Gasteiger partial charge on any atom is -0.457 e. The predicted molar refractivity (Wildman–Crippen MR) is 78.0 cm³/mol. The minimum atomic E-state index is -0.0235. The maximum absolute atomic E-state index is 12.4. The number of hydrogen-bond donors (Lipinski definition) is 0. The van der Waals surface area contributed by atoms with Crippen molar-refractivity contribution in [1.82, 2.24) is 4.90 Å². The van der Waals surface area contributed by atoms with E-state index < -0.39 is 0 Å². The number of rotatable bonds is 4. The van der Waals surface area contributed by atoms with Crippen LogP contribution in [0, 0.1) is 6.92 Å². The first-order valence-corrected chi connectivity index (χ1v) is 6.99. The third-order valence-corrected chi connectivity index (χ3v) is 3.59. The van der Waals surface area contributed by atoms with Crippen LogP contribution in [0.25, 0.3) is 0 Å². The van der Waals surface area contributed by atoms with Gasteiger partial charge in [0.25, 0.3) is 5.91 Å². The maximum Gasteiger partial charge on any atom is 0.258 e. The fraction of sp³-hybridized carbons (Fsp3) is 0.267. The molecule has 0 unspecified atom stereocenters. The van der Waals surface area contributed by atoms with Crippen LogP contribution in [-0.4, -0.2) is 17.4 Å². The number of carbonyl (C=O) groups excluding carboxylic acids is 1. The molecular formula is C15H16BrNO2. The van der Waals surface area contributed by atoms with Crippen LogP contribution in [0.5, 0.6) is 0 Å². The Bertz CT molecular complexity index is 577. The lowest BCUT2D eigenvalue weighted by atomic mass is 10.1. The number of aryl methyl sites for hydroxylation is 1. The molecule has 0 spiro atoms. The molecule has 4 heteroatoms. The second-order valence-corrected chi connectivity index (χ2v) is 5.14. The van der Waals surface area contributed by atoms with Crippen LogP contribution < -0.4 is 0 Å². The molecule has 0 atom stereocenters. The van der Waals surface area contributed by atoms with E-state index in [-0.39, 0.29) is 5.91 Å². The number of halogens is 1. The standard InChI is InChI=1S/C15H16BrNO2/c1-3-17(10-12-6-4-5-11(2)9-12)15(18)13-7-8-19-14(13)16/h4-9H,3,10H2,1-2H3. The fourth-order valence-corrected chi connectivity index (χ4v) is 2.38. The Kier molecular flexibility index (Phi) is 4.43. The molecule has 0 aliphatic rings. The Balaban J connectivity index is 2.17. The first-order valence-electron chi connectivity index (χ1n) is 6.19. The predicted octanol–water partition coefficient (Wildman–Crippen LogP) is 4.01. The summed E-state index contributed by atoms with van der Waals surface area (Å²) in [6, 6.07) is 9.88. The van der Waals surface area contributed by atoms with Crippen molar-refractivity contribution in [3.8, 4) is 0 Å². The molecule has 3 nitrogen and oxygen atoms in total. The monoisotopic (exact) mass is 321 g/mol. The lowest BCUT2D eigenvalue weighted by molar-refractivity contribution is 0.0750. The van der Waals surface area contributed by atoms with Gasteiger partial charge in [-0.3, -0.25) is 4.79 Å². The van der Waals surface area contributed by atoms with Gasteiger partial charge in [0.15, 0.2) is 4.67 Å². The van der Waals surface area contributed by atoms with Crippen molar-refractivity contribution in [3.63, 3.8) is 0 Å². The summed E-state index contributed by atoms with van der Waals surface area (Å²) in [5.74, 6) is -0.0235.